The molecule has 2 aliphatic heterocycles. The molecule has 0 bridgehead atoms. The minimum absolute atomic E-state index is 0.113. The van der Waals surface area contributed by atoms with Crippen molar-refractivity contribution in [3.8, 4) is 0 Å². The number of hydrogen-bond donors (Lipinski definition) is 2. The Labute approximate surface area is 167 Å². The van der Waals surface area contributed by atoms with Gasteiger partial charge in [-0.05, 0) is 31.0 Å². The minimum atomic E-state index is -0.568. The Morgan fingerprint density at radius 2 is 2.10 bits per heavy atom. The summed E-state index contributed by atoms with van der Waals surface area (Å²) < 4.78 is 20.0. The van der Waals surface area contributed by atoms with E-state index in [1.54, 1.807) is 17.1 Å². The fraction of sp³-hybridized carbons (Fsp3) is 0.526. The van der Waals surface area contributed by atoms with Gasteiger partial charge in [0.2, 0.25) is 11.8 Å². The maximum Gasteiger partial charge on any atom is 0.414 e. The maximum atomic E-state index is 14.8. The van der Waals surface area contributed by atoms with Crippen LogP contribution in [0.4, 0.5) is 20.6 Å². The third kappa shape index (κ3) is 4.26. The largest absolute Gasteiger partial charge is 0.442 e. The zero-order valence-corrected chi connectivity index (χ0v) is 16.2. The van der Waals surface area contributed by atoms with Gasteiger partial charge in [-0.25, -0.2) is 14.6 Å². The summed E-state index contributed by atoms with van der Waals surface area (Å²) in [6.07, 6.45) is 0.847. The third-order valence-corrected chi connectivity index (χ3v) is 5.27. The summed E-state index contributed by atoms with van der Waals surface area (Å²) in [6.45, 7) is 3.18. The molecule has 1 saturated carbocycles. The monoisotopic (exact) mass is 405 g/mol. The second kappa shape index (κ2) is 7.86. The number of halogens is 1. The molecule has 1 atom stereocenters. The number of nitrogens with zero attached hydrogens (tertiary/aromatic N) is 3. The van der Waals surface area contributed by atoms with E-state index in [2.05, 4.69) is 10.7 Å². The summed E-state index contributed by atoms with van der Waals surface area (Å²) in [4.78, 5) is 38.4. The van der Waals surface area contributed by atoms with Crippen LogP contribution in [0.15, 0.2) is 18.2 Å². The van der Waals surface area contributed by atoms with Crippen LogP contribution in [0.3, 0.4) is 0 Å². The number of rotatable bonds is 5. The highest BCUT2D eigenvalue weighted by molar-refractivity contribution is 5.90. The quantitative estimate of drug-likeness (QED) is 0.753. The van der Waals surface area contributed by atoms with E-state index in [1.807, 2.05) is 4.90 Å². The molecule has 1 aromatic carbocycles. The molecular formula is C19H24FN5O4. The Morgan fingerprint density at radius 1 is 1.31 bits per heavy atom. The predicted octanol–water partition coefficient (Wildman–Crippen LogP) is 0.808. The number of carbonyl (C=O) groups excluding carboxylic acids is 3. The average molecular weight is 405 g/mol. The first-order valence-electron chi connectivity index (χ1n) is 9.74. The van der Waals surface area contributed by atoms with Gasteiger partial charge < -0.3 is 15.0 Å². The molecule has 3 aliphatic rings. The standard InChI is InChI=1S/C19H24FN5O4/c1-12(26)21-9-15-10-24(19(28)29-15)14-4-5-17(16(20)8-14)23-6-7-25(22-11-23)18(27)13-2-3-13/h4-5,8,13,15,22H,2-3,6-7,9-11H2,1H3,(H,21,26)/t15-/m0/s1. The molecule has 0 spiro atoms. The van der Waals surface area contributed by atoms with E-state index in [0.717, 1.165) is 12.8 Å². The number of cyclic esters (lactones) is 1. The molecule has 2 heterocycles. The van der Waals surface area contributed by atoms with Crippen LogP contribution < -0.4 is 20.5 Å². The number of nitrogens with one attached hydrogen (secondary N) is 2. The normalized spacial score (nSPS) is 21.9. The molecule has 156 valence electrons. The van der Waals surface area contributed by atoms with Crippen LogP contribution in [0.1, 0.15) is 19.8 Å². The Morgan fingerprint density at radius 3 is 2.72 bits per heavy atom. The molecule has 29 heavy (non-hydrogen) atoms. The highest BCUT2D eigenvalue weighted by Gasteiger charge is 2.35. The first-order valence-corrected chi connectivity index (χ1v) is 9.74. The molecule has 1 aliphatic carbocycles. The molecule has 4 rings (SSSR count). The molecule has 3 fully saturated rings. The van der Waals surface area contributed by atoms with Crippen molar-refractivity contribution in [1.82, 2.24) is 15.8 Å². The fourth-order valence-corrected chi connectivity index (χ4v) is 3.51. The van der Waals surface area contributed by atoms with Crippen molar-refractivity contribution in [2.75, 3.05) is 42.6 Å². The molecule has 1 aromatic rings. The average Bonchev–Trinajstić information content (AvgIpc) is 3.48. The zero-order valence-electron chi connectivity index (χ0n) is 16.2. The number of ether oxygens (including phenoxy) is 1. The zero-order chi connectivity index (χ0) is 20.5. The Kier molecular flexibility index (Phi) is 5.27. The Bertz CT molecular complexity index is 823. The van der Waals surface area contributed by atoms with Gasteiger partial charge in [-0.3, -0.25) is 19.5 Å². The second-order valence-corrected chi connectivity index (χ2v) is 7.53. The minimum Gasteiger partial charge on any atom is -0.442 e. The summed E-state index contributed by atoms with van der Waals surface area (Å²) >= 11 is 0. The smallest absolute Gasteiger partial charge is 0.414 e. The summed E-state index contributed by atoms with van der Waals surface area (Å²) in [6, 6.07) is 4.60. The molecule has 3 amide bonds. The van der Waals surface area contributed by atoms with E-state index in [4.69, 9.17) is 4.74 Å². The van der Waals surface area contributed by atoms with Gasteiger partial charge in [0.25, 0.3) is 0 Å². The van der Waals surface area contributed by atoms with E-state index in [0.29, 0.717) is 31.1 Å². The van der Waals surface area contributed by atoms with E-state index in [1.165, 1.54) is 17.9 Å². The summed E-state index contributed by atoms with van der Waals surface area (Å²) in [5.74, 6) is -0.409. The van der Waals surface area contributed by atoms with Gasteiger partial charge in [0.1, 0.15) is 11.9 Å². The van der Waals surface area contributed by atoms with Crippen LogP contribution in [-0.2, 0) is 14.3 Å². The summed E-state index contributed by atoms with van der Waals surface area (Å²) in [5, 5.41) is 4.23. The van der Waals surface area contributed by atoms with E-state index >= 15 is 0 Å². The van der Waals surface area contributed by atoms with Crippen LogP contribution in [0.2, 0.25) is 0 Å². The number of amides is 3. The summed E-state index contributed by atoms with van der Waals surface area (Å²) in [7, 11) is 0. The molecule has 9 nitrogen and oxygen atoms in total. The van der Waals surface area contributed by atoms with Crippen molar-refractivity contribution < 1.29 is 23.5 Å². The first kappa shape index (κ1) is 19.4. The van der Waals surface area contributed by atoms with Crippen LogP contribution in [-0.4, -0.2) is 61.9 Å². The molecule has 2 saturated heterocycles. The number of benzene rings is 1. The van der Waals surface area contributed by atoms with Crippen molar-refractivity contribution in [2.45, 2.75) is 25.9 Å². The number of hydrazine groups is 1. The SMILES string of the molecule is CC(=O)NC[C@H]1CN(c2ccc(N3CCN(C(=O)C4CC4)NC3)c(F)c2)C(=O)O1. The number of anilines is 2. The Hall–Kier alpha value is -2.88. The highest BCUT2D eigenvalue weighted by Crippen LogP contribution is 2.31. The van der Waals surface area contributed by atoms with Crippen molar-refractivity contribution in [1.29, 1.82) is 0 Å². The lowest BCUT2D eigenvalue weighted by Gasteiger charge is -2.37. The molecule has 2 N–H and O–H groups in total. The second-order valence-electron chi connectivity index (χ2n) is 7.53. The highest BCUT2D eigenvalue weighted by atomic mass is 19.1. The van der Waals surface area contributed by atoms with E-state index < -0.39 is 18.0 Å². The van der Waals surface area contributed by atoms with Gasteiger partial charge in [-0.2, -0.15) is 0 Å². The molecule has 0 unspecified atom stereocenters. The van der Waals surface area contributed by atoms with E-state index in [-0.39, 0.29) is 30.8 Å². The van der Waals surface area contributed by atoms with Gasteiger partial charge in [-0.1, -0.05) is 0 Å². The van der Waals surface area contributed by atoms with E-state index in [9.17, 15) is 18.8 Å². The van der Waals surface area contributed by atoms with Gasteiger partial charge in [0, 0.05) is 19.4 Å². The lowest BCUT2D eigenvalue weighted by molar-refractivity contribution is -0.136. The van der Waals surface area contributed by atoms with Crippen LogP contribution >= 0.6 is 0 Å². The lowest BCUT2D eigenvalue weighted by atomic mass is 10.2. The first-order chi connectivity index (χ1) is 13.9. The summed E-state index contributed by atoms with van der Waals surface area (Å²) in [5.41, 5.74) is 3.85. The third-order valence-electron chi connectivity index (χ3n) is 5.27. The Balaban J connectivity index is 1.37. The van der Waals surface area contributed by atoms with Gasteiger partial charge in [0.15, 0.2) is 0 Å². The molecule has 0 radical (unpaired) electrons. The number of hydrogen-bond acceptors (Lipinski definition) is 6. The molecule has 10 heteroatoms. The van der Waals surface area contributed by atoms with Crippen LogP contribution in [0, 0.1) is 11.7 Å². The maximum absolute atomic E-state index is 14.8. The van der Waals surface area contributed by atoms with Gasteiger partial charge in [-0.15, -0.1) is 0 Å². The van der Waals surface area contributed by atoms with Crippen molar-refractivity contribution >= 4 is 29.3 Å². The predicted molar refractivity (Wildman–Crippen MR) is 102 cm³/mol. The van der Waals surface area contributed by atoms with Gasteiger partial charge in [0.05, 0.1) is 37.7 Å². The van der Waals surface area contributed by atoms with Crippen LogP contribution in [0.25, 0.3) is 0 Å². The molecular weight excluding hydrogens is 381 g/mol. The number of carbonyl (C=O) groups is 3. The lowest BCUT2D eigenvalue weighted by Crippen LogP contribution is -2.57. The fourth-order valence-electron chi connectivity index (χ4n) is 3.51. The van der Waals surface area contributed by atoms with Crippen molar-refractivity contribution in [3.05, 3.63) is 24.0 Å². The topological polar surface area (TPSA) is 94.2 Å². The van der Waals surface area contributed by atoms with Gasteiger partial charge >= 0.3 is 6.09 Å². The molecule has 0 aromatic heterocycles. The van der Waals surface area contributed by atoms with Crippen molar-refractivity contribution in [2.24, 2.45) is 5.92 Å². The van der Waals surface area contributed by atoms with Crippen molar-refractivity contribution in [3.63, 3.8) is 0 Å². The van der Waals surface area contributed by atoms with Crippen LogP contribution in [0.5, 0.6) is 0 Å².